The molecule has 1 saturated heterocycles. The second-order valence-electron chi connectivity index (χ2n) is 9.42. The lowest BCUT2D eigenvalue weighted by atomic mass is 10.0. The van der Waals surface area contributed by atoms with E-state index in [2.05, 4.69) is 15.3 Å². The van der Waals surface area contributed by atoms with Gasteiger partial charge in [-0.05, 0) is 34.9 Å². The Morgan fingerprint density at radius 3 is 2.35 bits per heavy atom. The quantitative estimate of drug-likeness (QED) is 0.420. The molecule has 0 unspecified atom stereocenters. The van der Waals surface area contributed by atoms with Gasteiger partial charge in [0.25, 0.3) is 5.91 Å². The van der Waals surface area contributed by atoms with Crippen molar-refractivity contribution in [2.24, 2.45) is 0 Å². The zero-order chi connectivity index (χ0) is 25.7. The largest absolute Gasteiger partial charge is 0.368 e. The average Bonchev–Trinajstić information content (AvgIpc) is 3.31. The number of benzene rings is 3. The molecule has 0 spiro atoms. The number of anilines is 1. The summed E-state index contributed by atoms with van der Waals surface area (Å²) in [5, 5.41) is 3.64. The molecular weight excluding hydrogens is 488 g/mol. The Hall–Kier alpha value is -3.86. The van der Waals surface area contributed by atoms with Crippen LogP contribution in [0.1, 0.15) is 21.6 Å². The lowest BCUT2D eigenvalue weighted by Crippen LogP contribution is -2.57. The molecular formula is C27H26N6O3S. The van der Waals surface area contributed by atoms with E-state index >= 15 is 0 Å². The van der Waals surface area contributed by atoms with Crippen molar-refractivity contribution in [3.05, 3.63) is 83.6 Å². The maximum absolute atomic E-state index is 13.6. The number of aromatic nitrogens is 2. The highest BCUT2D eigenvalue weighted by atomic mass is 32.2. The van der Waals surface area contributed by atoms with Crippen LogP contribution in [0.2, 0.25) is 0 Å². The number of hydrogen-bond acceptors (Lipinski definition) is 7. The number of nitrogens with zero attached hydrogens (tertiary/aromatic N) is 4. The van der Waals surface area contributed by atoms with Gasteiger partial charge in [-0.25, -0.2) is 18.4 Å². The van der Waals surface area contributed by atoms with Gasteiger partial charge in [0.2, 0.25) is 16.0 Å². The third kappa shape index (κ3) is 4.03. The number of sulfonamides is 1. The molecule has 1 fully saturated rings. The van der Waals surface area contributed by atoms with Crippen LogP contribution in [0.4, 0.5) is 5.95 Å². The summed E-state index contributed by atoms with van der Waals surface area (Å²) in [7, 11) is -2.13. The lowest BCUT2D eigenvalue weighted by Gasteiger charge is -2.35. The van der Waals surface area contributed by atoms with Crippen LogP contribution in [0.25, 0.3) is 22.0 Å². The fourth-order valence-corrected chi connectivity index (χ4v) is 6.48. The zero-order valence-corrected chi connectivity index (χ0v) is 21.1. The van der Waals surface area contributed by atoms with Crippen molar-refractivity contribution in [2.75, 3.05) is 25.9 Å². The third-order valence-corrected chi connectivity index (χ3v) is 9.14. The molecule has 0 bridgehead atoms. The summed E-state index contributed by atoms with van der Waals surface area (Å²) in [6.45, 7) is 2.23. The smallest absolute Gasteiger partial charge is 0.273 e. The van der Waals surface area contributed by atoms with Crippen LogP contribution >= 0.6 is 0 Å². The van der Waals surface area contributed by atoms with Gasteiger partial charge in [0.1, 0.15) is 5.69 Å². The predicted octanol–water partition coefficient (Wildman–Crippen LogP) is 2.63. The Labute approximate surface area is 215 Å². The molecule has 188 valence electrons. The summed E-state index contributed by atoms with van der Waals surface area (Å²) >= 11 is 0. The SMILES string of the molecule is CN(C1CNC1)S(=O)(=O)c1ccccc1-c1ccc2nc(N)nc(C(=O)N3Cc4ccccc4C3)c2c1. The fraction of sp³-hybridized carbons (Fsp3) is 0.222. The Kier molecular flexibility index (Phi) is 5.67. The van der Waals surface area contributed by atoms with Crippen molar-refractivity contribution in [2.45, 2.75) is 24.0 Å². The van der Waals surface area contributed by atoms with Crippen LogP contribution < -0.4 is 11.1 Å². The van der Waals surface area contributed by atoms with E-state index in [-0.39, 0.29) is 28.5 Å². The second-order valence-corrected chi connectivity index (χ2v) is 11.4. The van der Waals surface area contributed by atoms with Gasteiger partial charge >= 0.3 is 0 Å². The summed E-state index contributed by atoms with van der Waals surface area (Å²) in [5.41, 5.74) is 10.1. The van der Waals surface area contributed by atoms with Crippen molar-refractivity contribution in [1.82, 2.24) is 24.5 Å². The van der Waals surface area contributed by atoms with Crippen LogP contribution in [0.15, 0.2) is 71.6 Å². The van der Waals surface area contributed by atoms with Crippen molar-refractivity contribution in [3.8, 4) is 11.1 Å². The zero-order valence-electron chi connectivity index (χ0n) is 20.3. The number of rotatable bonds is 5. The number of hydrogen-bond donors (Lipinski definition) is 2. The second kappa shape index (κ2) is 8.91. The van der Waals surface area contributed by atoms with Gasteiger partial charge in [0.05, 0.1) is 10.4 Å². The van der Waals surface area contributed by atoms with Crippen LogP contribution in [-0.2, 0) is 23.1 Å². The standard InChI is InChI=1S/C27H26N6O3S/c1-32(20-13-29-14-20)37(35,36)24-9-5-4-8-21(24)17-10-11-23-22(12-17)25(31-27(28)30-23)26(34)33-15-18-6-2-3-7-19(18)16-33/h2-12,20,29H,13-16H2,1H3,(H2,28,30,31). The first kappa shape index (κ1) is 23.5. The summed E-state index contributed by atoms with van der Waals surface area (Å²) in [4.78, 5) is 24.2. The number of fused-ring (bicyclic) bond motifs is 2. The molecule has 0 aliphatic carbocycles. The summed E-state index contributed by atoms with van der Waals surface area (Å²) < 4.78 is 28.5. The topological polar surface area (TPSA) is 122 Å². The maximum Gasteiger partial charge on any atom is 0.273 e. The van der Waals surface area contributed by atoms with E-state index in [1.807, 2.05) is 24.3 Å². The monoisotopic (exact) mass is 514 g/mol. The molecule has 4 aromatic rings. The minimum Gasteiger partial charge on any atom is -0.368 e. The lowest BCUT2D eigenvalue weighted by molar-refractivity contribution is 0.0747. The molecule has 2 aliphatic heterocycles. The number of carbonyl (C=O) groups excluding carboxylic acids is 1. The molecule has 3 heterocycles. The van der Waals surface area contributed by atoms with Gasteiger partial charge in [0, 0.05) is 50.2 Å². The summed E-state index contributed by atoms with van der Waals surface area (Å²) in [6.07, 6.45) is 0. The van der Waals surface area contributed by atoms with Gasteiger partial charge in [-0.2, -0.15) is 4.31 Å². The molecule has 0 radical (unpaired) electrons. The number of nitrogen functional groups attached to an aromatic ring is 1. The molecule has 2 aliphatic rings. The van der Waals surface area contributed by atoms with Crippen LogP contribution in [0, 0.1) is 0 Å². The molecule has 1 amide bonds. The molecule has 9 nitrogen and oxygen atoms in total. The van der Waals surface area contributed by atoms with E-state index in [4.69, 9.17) is 5.73 Å². The van der Waals surface area contributed by atoms with E-state index in [1.54, 1.807) is 54.4 Å². The van der Waals surface area contributed by atoms with Crippen molar-refractivity contribution in [1.29, 1.82) is 0 Å². The van der Waals surface area contributed by atoms with Gasteiger partial charge in [-0.1, -0.05) is 48.5 Å². The minimum absolute atomic E-state index is 0.0130. The van der Waals surface area contributed by atoms with E-state index < -0.39 is 10.0 Å². The summed E-state index contributed by atoms with van der Waals surface area (Å²) in [5.74, 6) is -0.232. The Balaban J connectivity index is 1.43. The van der Waals surface area contributed by atoms with E-state index in [0.717, 1.165) is 11.1 Å². The highest BCUT2D eigenvalue weighted by molar-refractivity contribution is 7.89. The first-order valence-electron chi connectivity index (χ1n) is 12.0. The molecule has 10 heteroatoms. The molecule has 1 aromatic heterocycles. The Morgan fingerprint density at radius 2 is 1.68 bits per heavy atom. The molecule has 6 rings (SSSR count). The minimum atomic E-state index is -3.74. The van der Waals surface area contributed by atoms with Gasteiger partial charge in [-0.3, -0.25) is 4.79 Å². The molecule has 37 heavy (non-hydrogen) atoms. The number of amides is 1. The number of carbonyl (C=O) groups is 1. The molecule has 0 saturated carbocycles. The van der Waals surface area contributed by atoms with Gasteiger partial charge in [0.15, 0.2) is 0 Å². The third-order valence-electron chi connectivity index (χ3n) is 7.17. The van der Waals surface area contributed by atoms with Gasteiger partial charge in [-0.15, -0.1) is 0 Å². The fourth-order valence-electron chi connectivity index (χ4n) is 4.92. The molecule has 0 atom stereocenters. The summed E-state index contributed by atoms with van der Waals surface area (Å²) in [6, 6.07) is 20.1. The van der Waals surface area contributed by atoms with Gasteiger partial charge < -0.3 is 16.0 Å². The first-order chi connectivity index (χ1) is 17.8. The number of nitrogens with two attached hydrogens (primary N) is 1. The van der Waals surface area contributed by atoms with E-state index in [1.165, 1.54) is 4.31 Å². The highest BCUT2D eigenvalue weighted by Crippen LogP contribution is 2.33. The maximum atomic E-state index is 13.6. The molecule has 3 aromatic carbocycles. The normalized spacial score (nSPS) is 15.7. The first-order valence-corrected chi connectivity index (χ1v) is 13.5. The number of nitrogens with one attached hydrogen (secondary N) is 1. The van der Waals surface area contributed by atoms with E-state index in [9.17, 15) is 13.2 Å². The van der Waals surface area contributed by atoms with Crippen LogP contribution in [0.5, 0.6) is 0 Å². The Bertz CT molecular complexity index is 1630. The predicted molar refractivity (Wildman–Crippen MR) is 141 cm³/mol. The van der Waals surface area contributed by atoms with Crippen molar-refractivity contribution < 1.29 is 13.2 Å². The van der Waals surface area contributed by atoms with Crippen molar-refractivity contribution >= 4 is 32.8 Å². The van der Waals surface area contributed by atoms with E-state index in [0.29, 0.717) is 48.2 Å². The average molecular weight is 515 g/mol. The number of likely N-dealkylation sites (N-methyl/N-ethyl adjacent to an activating group) is 1. The van der Waals surface area contributed by atoms with Crippen molar-refractivity contribution in [3.63, 3.8) is 0 Å². The van der Waals surface area contributed by atoms with Crippen LogP contribution in [0.3, 0.4) is 0 Å². The van der Waals surface area contributed by atoms with Crippen LogP contribution in [-0.4, -0.2) is 59.7 Å². The molecule has 3 N–H and O–H groups in total. The highest BCUT2D eigenvalue weighted by Gasteiger charge is 2.33. The Morgan fingerprint density at radius 1 is 1.00 bits per heavy atom.